The lowest BCUT2D eigenvalue weighted by atomic mass is 10.0. The topological polar surface area (TPSA) is 68.8 Å². The Bertz CT molecular complexity index is 577. The van der Waals surface area contributed by atoms with E-state index >= 15 is 0 Å². The predicted molar refractivity (Wildman–Crippen MR) is 75.0 cm³/mol. The van der Waals surface area contributed by atoms with Crippen LogP contribution in [0.25, 0.3) is 0 Å². The van der Waals surface area contributed by atoms with E-state index in [9.17, 15) is 8.78 Å². The molecule has 21 heavy (non-hydrogen) atoms. The molecule has 0 saturated carbocycles. The van der Waals surface area contributed by atoms with Crippen molar-refractivity contribution in [3.8, 4) is 0 Å². The Morgan fingerprint density at radius 2 is 1.90 bits per heavy atom. The molecule has 0 bridgehead atoms. The summed E-state index contributed by atoms with van der Waals surface area (Å²) in [5.74, 6) is 5.40. The van der Waals surface area contributed by atoms with Crippen LogP contribution in [-0.2, 0) is 13.0 Å². The minimum absolute atomic E-state index is 0.395. The number of hydrogen-bond donors (Lipinski definition) is 2. The first-order chi connectivity index (χ1) is 9.99. The van der Waals surface area contributed by atoms with Crippen LogP contribution >= 0.6 is 0 Å². The van der Waals surface area contributed by atoms with Crippen LogP contribution in [0.3, 0.4) is 0 Å². The van der Waals surface area contributed by atoms with Gasteiger partial charge < -0.3 is 0 Å². The monoisotopic (exact) mass is 295 g/mol. The Hall–Kier alpha value is -1.86. The van der Waals surface area contributed by atoms with Crippen molar-refractivity contribution in [3.63, 3.8) is 0 Å². The van der Waals surface area contributed by atoms with Crippen LogP contribution in [-0.4, -0.2) is 14.8 Å². The fraction of sp³-hybridized carbons (Fsp3) is 0.429. The van der Waals surface area contributed by atoms with Gasteiger partial charge in [0, 0.05) is 19.0 Å². The fourth-order valence-electron chi connectivity index (χ4n) is 2.18. The molecule has 1 heterocycles. The summed E-state index contributed by atoms with van der Waals surface area (Å²) in [5.41, 5.74) is 3.02. The van der Waals surface area contributed by atoms with E-state index < -0.39 is 17.7 Å². The molecule has 0 fully saturated rings. The Balaban J connectivity index is 2.21. The number of nitrogens with two attached hydrogens (primary N) is 1. The molecule has 3 N–H and O–H groups in total. The molecule has 1 aromatic carbocycles. The van der Waals surface area contributed by atoms with E-state index in [-0.39, 0.29) is 0 Å². The second-order valence-corrected chi connectivity index (χ2v) is 5.38. The number of rotatable bonds is 6. The highest BCUT2D eigenvalue weighted by atomic mass is 19.1. The second-order valence-electron chi connectivity index (χ2n) is 5.38. The van der Waals surface area contributed by atoms with E-state index in [4.69, 9.17) is 5.84 Å². The average molecular weight is 295 g/mol. The maximum Gasteiger partial charge on any atom is 0.138 e. The van der Waals surface area contributed by atoms with E-state index in [1.165, 1.54) is 18.5 Å². The molecular formula is C14H19F2N5. The number of aromatic nitrogens is 3. The van der Waals surface area contributed by atoms with Gasteiger partial charge in [0.15, 0.2) is 0 Å². The van der Waals surface area contributed by atoms with Gasteiger partial charge in [0.05, 0.1) is 6.04 Å². The Morgan fingerprint density at radius 1 is 1.24 bits per heavy atom. The number of halogens is 2. The van der Waals surface area contributed by atoms with Gasteiger partial charge in [-0.3, -0.25) is 11.3 Å². The molecule has 2 rings (SSSR count). The summed E-state index contributed by atoms with van der Waals surface area (Å²) in [7, 11) is 0. The first-order valence-electron chi connectivity index (χ1n) is 6.78. The largest absolute Gasteiger partial charge is 0.271 e. The van der Waals surface area contributed by atoms with Crippen LogP contribution < -0.4 is 11.3 Å². The number of benzene rings is 1. The van der Waals surface area contributed by atoms with Gasteiger partial charge >= 0.3 is 0 Å². The van der Waals surface area contributed by atoms with Crippen molar-refractivity contribution in [1.82, 2.24) is 20.2 Å². The normalized spacial score (nSPS) is 12.9. The summed E-state index contributed by atoms with van der Waals surface area (Å²) in [6.07, 6.45) is 1.86. The Morgan fingerprint density at radius 3 is 2.48 bits per heavy atom. The number of hydrazine groups is 1. The van der Waals surface area contributed by atoms with E-state index in [2.05, 4.69) is 29.4 Å². The minimum atomic E-state index is -0.631. The average Bonchev–Trinajstić information content (AvgIpc) is 2.81. The minimum Gasteiger partial charge on any atom is -0.271 e. The van der Waals surface area contributed by atoms with Crippen molar-refractivity contribution in [3.05, 3.63) is 47.5 Å². The molecule has 1 unspecified atom stereocenters. The molecule has 0 amide bonds. The van der Waals surface area contributed by atoms with E-state index in [0.717, 1.165) is 18.4 Å². The lowest BCUT2D eigenvalue weighted by Crippen LogP contribution is -2.30. The third-order valence-corrected chi connectivity index (χ3v) is 3.11. The second kappa shape index (κ2) is 6.73. The van der Waals surface area contributed by atoms with Gasteiger partial charge in [0.25, 0.3) is 0 Å². The number of nitrogens with zero attached hydrogens (tertiary/aromatic N) is 3. The van der Waals surface area contributed by atoms with Crippen LogP contribution in [0.4, 0.5) is 8.78 Å². The summed E-state index contributed by atoms with van der Waals surface area (Å²) >= 11 is 0. The zero-order valence-corrected chi connectivity index (χ0v) is 12.1. The van der Waals surface area contributed by atoms with Gasteiger partial charge in [-0.1, -0.05) is 13.8 Å². The Labute approximate surface area is 122 Å². The summed E-state index contributed by atoms with van der Waals surface area (Å²) in [5, 5.41) is 4.16. The summed E-state index contributed by atoms with van der Waals surface area (Å²) < 4.78 is 28.4. The van der Waals surface area contributed by atoms with Crippen LogP contribution in [0.2, 0.25) is 0 Å². The van der Waals surface area contributed by atoms with Crippen molar-refractivity contribution < 1.29 is 8.78 Å². The lowest BCUT2D eigenvalue weighted by Gasteiger charge is -2.17. The molecule has 7 heteroatoms. The highest BCUT2D eigenvalue weighted by Crippen LogP contribution is 2.19. The van der Waals surface area contributed by atoms with E-state index in [1.807, 2.05) is 0 Å². The molecule has 114 valence electrons. The fourth-order valence-corrected chi connectivity index (χ4v) is 2.18. The molecule has 0 aliphatic rings. The molecule has 0 aliphatic heterocycles. The maximum atomic E-state index is 13.3. The molecule has 5 nitrogen and oxygen atoms in total. The molecule has 0 radical (unpaired) electrons. The number of nitrogens with one attached hydrogen (secondary N) is 1. The zero-order chi connectivity index (χ0) is 15.4. The molecule has 0 spiro atoms. The van der Waals surface area contributed by atoms with Crippen LogP contribution in [0, 0.1) is 17.6 Å². The first-order valence-corrected chi connectivity index (χ1v) is 6.78. The van der Waals surface area contributed by atoms with Crippen LogP contribution in [0.5, 0.6) is 0 Å². The molecule has 1 aromatic heterocycles. The molecule has 1 atom stereocenters. The van der Waals surface area contributed by atoms with Gasteiger partial charge in [-0.25, -0.2) is 18.4 Å². The van der Waals surface area contributed by atoms with Crippen LogP contribution in [0.15, 0.2) is 24.5 Å². The standard InChI is InChI=1S/C14H19F2N5/c1-9(2)7-21-14(18-8-19-21)6-13(20-17)10-3-11(15)5-12(16)4-10/h3-5,8-9,13,20H,6-7,17H2,1-2H3. The van der Waals surface area contributed by atoms with Crippen molar-refractivity contribution in [2.75, 3.05) is 0 Å². The van der Waals surface area contributed by atoms with Gasteiger partial charge in [0.2, 0.25) is 0 Å². The summed E-state index contributed by atoms with van der Waals surface area (Å²) in [4.78, 5) is 4.20. The highest BCUT2D eigenvalue weighted by molar-refractivity contribution is 5.22. The third-order valence-electron chi connectivity index (χ3n) is 3.11. The summed E-state index contributed by atoms with van der Waals surface area (Å²) in [6.45, 7) is 4.88. The zero-order valence-electron chi connectivity index (χ0n) is 12.1. The maximum absolute atomic E-state index is 13.3. The van der Waals surface area contributed by atoms with Gasteiger partial charge in [-0.15, -0.1) is 0 Å². The van der Waals surface area contributed by atoms with Crippen molar-refractivity contribution in [2.45, 2.75) is 32.9 Å². The molecule has 0 saturated heterocycles. The summed E-state index contributed by atoms with van der Waals surface area (Å²) in [6, 6.07) is 2.91. The first kappa shape index (κ1) is 15.5. The van der Waals surface area contributed by atoms with Gasteiger partial charge in [0.1, 0.15) is 23.8 Å². The molecular weight excluding hydrogens is 276 g/mol. The highest BCUT2D eigenvalue weighted by Gasteiger charge is 2.17. The van der Waals surface area contributed by atoms with Gasteiger partial charge in [-0.05, 0) is 23.6 Å². The lowest BCUT2D eigenvalue weighted by molar-refractivity contribution is 0.445. The van der Waals surface area contributed by atoms with Crippen LogP contribution in [0.1, 0.15) is 31.3 Å². The van der Waals surface area contributed by atoms with E-state index in [0.29, 0.717) is 17.9 Å². The predicted octanol–water partition coefficient (Wildman–Crippen LogP) is 1.96. The van der Waals surface area contributed by atoms with E-state index in [1.54, 1.807) is 4.68 Å². The Kier molecular flexibility index (Phi) is 4.98. The smallest absolute Gasteiger partial charge is 0.138 e. The number of hydrogen-bond acceptors (Lipinski definition) is 4. The molecule has 0 aliphatic carbocycles. The van der Waals surface area contributed by atoms with Crippen molar-refractivity contribution in [1.29, 1.82) is 0 Å². The quantitative estimate of drug-likeness (QED) is 0.631. The van der Waals surface area contributed by atoms with Gasteiger partial charge in [-0.2, -0.15) is 5.10 Å². The molecule has 2 aromatic rings. The SMILES string of the molecule is CC(C)Cn1ncnc1CC(NN)c1cc(F)cc(F)c1. The third kappa shape index (κ3) is 4.05. The van der Waals surface area contributed by atoms with Crippen molar-refractivity contribution >= 4 is 0 Å². The van der Waals surface area contributed by atoms with Crippen molar-refractivity contribution in [2.24, 2.45) is 11.8 Å².